The van der Waals surface area contributed by atoms with Gasteiger partial charge in [0.05, 0.1) is 12.6 Å². The molecule has 1 saturated carbocycles. The Balaban J connectivity index is 1.95. The Bertz CT molecular complexity index is 440. The van der Waals surface area contributed by atoms with Crippen LogP contribution in [0.15, 0.2) is 4.99 Å². The Kier molecular flexibility index (Phi) is 6.27. The van der Waals surface area contributed by atoms with Crippen LogP contribution in [0, 0.1) is 5.41 Å². The number of aliphatic imine (C=N–C) groups is 1. The van der Waals surface area contributed by atoms with Crippen LogP contribution in [0.5, 0.6) is 0 Å². The molecule has 3 N–H and O–H groups in total. The van der Waals surface area contributed by atoms with Gasteiger partial charge in [0.15, 0.2) is 5.96 Å². The van der Waals surface area contributed by atoms with Crippen LogP contribution in [-0.4, -0.2) is 60.7 Å². The van der Waals surface area contributed by atoms with Crippen LogP contribution in [0.2, 0.25) is 0 Å². The summed E-state index contributed by atoms with van der Waals surface area (Å²) in [7, 11) is 1.85. The van der Waals surface area contributed by atoms with E-state index in [9.17, 15) is 9.90 Å². The number of rotatable bonds is 4. The maximum absolute atomic E-state index is 11.6. The van der Waals surface area contributed by atoms with E-state index in [1.807, 2.05) is 14.0 Å². The molecule has 0 radical (unpaired) electrons. The van der Waals surface area contributed by atoms with Crippen molar-refractivity contribution in [3.63, 3.8) is 0 Å². The van der Waals surface area contributed by atoms with Crippen molar-refractivity contribution in [2.75, 3.05) is 26.7 Å². The van der Waals surface area contributed by atoms with E-state index < -0.39 is 0 Å². The monoisotopic (exact) mass is 324 g/mol. The Morgan fingerprint density at radius 1 is 1.43 bits per heavy atom. The van der Waals surface area contributed by atoms with Gasteiger partial charge in [0.25, 0.3) is 0 Å². The van der Waals surface area contributed by atoms with Gasteiger partial charge in [0, 0.05) is 38.0 Å². The molecule has 1 saturated heterocycles. The molecule has 1 amide bonds. The molecule has 3 unspecified atom stereocenters. The third-order valence-corrected chi connectivity index (χ3v) is 5.19. The number of likely N-dealkylation sites (N-methyl/N-ethyl adjacent to an activating group) is 1. The van der Waals surface area contributed by atoms with Crippen molar-refractivity contribution in [2.24, 2.45) is 10.4 Å². The van der Waals surface area contributed by atoms with Gasteiger partial charge in [-0.25, -0.2) is 0 Å². The average molecular weight is 324 g/mol. The third kappa shape index (κ3) is 4.83. The first-order chi connectivity index (χ1) is 10.9. The van der Waals surface area contributed by atoms with Gasteiger partial charge in [-0.2, -0.15) is 0 Å². The average Bonchev–Trinajstić information content (AvgIpc) is 2.52. The minimum atomic E-state index is -0.263. The Morgan fingerprint density at radius 2 is 2.22 bits per heavy atom. The molecular formula is C17H32N4O2. The lowest BCUT2D eigenvalue weighted by atomic mass is 9.73. The number of nitrogens with zero attached hydrogens (tertiary/aromatic N) is 2. The smallest absolute Gasteiger partial charge is 0.222 e. The highest BCUT2D eigenvalue weighted by atomic mass is 16.3. The SMILES string of the molecule is CCNC(=NCC1(C)CCCCC1O)NC1CCC(=O)N(C)C1. The quantitative estimate of drug-likeness (QED) is 0.535. The number of guanidine groups is 1. The van der Waals surface area contributed by atoms with Crippen molar-refractivity contribution in [3.05, 3.63) is 0 Å². The number of amides is 1. The number of carbonyl (C=O) groups excluding carboxylic acids is 1. The maximum Gasteiger partial charge on any atom is 0.222 e. The summed E-state index contributed by atoms with van der Waals surface area (Å²) >= 11 is 0. The summed E-state index contributed by atoms with van der Waals surface area (Å²) in [5.74, 6) is 1.00. The lowest BCUT2D eigenvalue weighted by molar-refractivity contribution is -0.132. The predicted octanol–water partition coefficient (Wildman–Crippen LogP) is 1.10. The summed E-state index contributed by atoms with van der Waals surface area (Å²) in [5.41, 5.74) is -0.125. The fourth-order valence-corrected chi connectivity index (χ4v) is 3.47. The first kappa shape index (κ1) is 18.0. The molecule has 0 bridgehead atoms. The minimum Gasteiger partial charge on any atom is -0.392 e. The number of carbonyl (C=O) groups is 1. The van der Waals surface area contributed by atoms with Crippen LogP contribution in [0.1, 0.15) is 52.4 Å². The van der Waals surface area contributed by atoms with Crippen LogP contribution in [0.3, 0.4) is 0 Å². The Hall–Kier alpha value is -1.30. The zero-order chi connectivity index (χ0) is 16.9. The van der Waals surface area contributed by atoms with E-state index in [4.69, 9.17) is 4.99 Å². The molecule has 1 aliphatic carbocycles. The zero-order valence-electron chi connectivity index (χ0n) is 14.8. The number of nitrogens with one attached hydrogen (secondary N) is 2. The van der Waals surface area contributed by atoms with Gasteiger partial charge in [-0.3, -0.25) is 9.79 Å². The molecule has 2 aliphatic rings. The number of aliphatic hydroxyl groups excluding tert-OH is 1. The van der Waals surface area contributed by atoms with Gasteiger partial charge in [-0.05, 0) is 26.2 Å². The van der Waals surface area contributed by atoms with Gasteiger partial charge >= 0.3 is 0 Å². The molecule has 23 heavy (non-hydrogen) atoms. The van der Waals surface area contributed by atoms with Crippen LogP contribution in [0.25, 0.3) is 0 Å². The summed E-state index contributed by atoms with van der Waals surface area (Å²) < 4.78 is 0. The Labute approximate surface area is 139 Å². The molecular weight excluding hydrogens is 292 g/mol. The molecule has 0 aromatic rings. The predicted molar refractivity (Wildman–Crippen MR) is 92.4 cm³/mol. The zero-order valence-corrected chi connectivity index (χ0v) is 14.8. The van der Waals surface area contributed by atoms with Gasteiger partial charge in [0.1, 0.15) is 0 Å². The fraction of sp³-hybridized carbons (Fsp3) is 0.882. The fourth-order valence-electron chi connectivity index (χ4n) is 3.47. The van der Waals surface area contributed by atoms with Crippen LogP contribution in [-0.2, 0) is 4.79 Å². The van der Waals surface area contributed by atoms with Crippen molar-refractivity contribution in [1.82, 2.24) is 15.5 Å². The van der Waals surface area contributed by atoms with E-state index >= 15 is 0 Å². The van der Waals surface area contributed by atoms with E-state index in [0.717, 1.165) is 38.2 Å². The number of likely N-dealkylation sites (tertiary alicyclic amines) is 1. The lowest BCUT2D eigenvalue weighted by Gasteiger charge is -2.37. The molecule has 2 fully saturated rings. The van der Waals surface area contributed by atoms with Crippen molar-refractivity contribution in [1.29, 1.82) is 0 Å². The van der Waals surface area contributed by atoms with Crippen LogP contribution in [0.4, 0.5) is 0 Å². The summed E-state index contributed by atoms with van der Waals surface area (Å²) in [4.78, 5) is 18.1. The second-order valence-corrected chi connectivity index (χ2v) is 7.26. The van der Waals surface area contributed by atoms with E-state index in [1.165, 1.54) is 6.42 Å². The first-order valence-corrected chi connectivity index (χ1v) is 8.91. The van der Waals surface area contributed by atoms with E-state index in [2.05, 4.69) is 17.6 Å². The van der Waals surface area contributed by atoms with Crippen LogP contribution < -0.4 is 10.6 Å². The number of piperidine rings is 1. The van der Waals surface area contributed by atoms with Gasteiger partial charge in [0.2, 0.25) is 5.91 Å². The number of hydrogen-bond donors (Lipinski definition) is 3. The highest BCUT2D eigenvalue weighted by Gasteiger charge is 2.35. The largest absolute Gasteiger partial charge is 0.392 e. The van der Waals surface area contributed by atoms with E-state index in [-0.39, 0.29) is 23.5 Å². The lowest BCUT2D eigenvalue weighted by Crippen LogP contribution is -2.52. The molecule has 0 aromatic heterocycles. The maximum atomic E-state index is 11.6. The van der Waals surface area contributed by atoms with E-state index in [0.29, 0.717) is 19.5 Å². The van der Waals surface area contributed by atoms with E-state index in [1.54, 1.807) is 4.90 Å². The third-order valence-electron chi connectivity index (χ3n) is 5.19. The van der Waals surface area contributed by atoms with Gasteiger partial charge < -0.3 is 20.6 Å². The van der Waals surface area contributed by atoms with Crippen LogP contribution >= 0.6 is 0 Å². The number of hydrogen-bond acceptors (Lipinski definition) is 3. The normalized spacial score (nSPS) is 32.8. The summed E-state index contributed by atoms with van der Waals surface area (Å²) in [5, 5.41) is 17.0. The molecule has 3 atom stereocenters. The summed E-state index contributed by atoms with van der Waals surface area (Å²) in [6.45, 7) is 6.32. The molecule has 6 nitrogen and oxygen atoms in total. The Morgan fingerprint density at radius 3 is 2.87 bits per heavy atom. The van der Waals surface area contributed by atoms with Crippen molar-refractivity contribution in [2.45, 2.75) is 64.5 Å². The molecule has 1 heterocycles. The highest BCUT2D eigenvalue weighted by molar-refractivity contribution is 5.81. The summed E-state index contributed by atoms with van der Waals surface area (Å²) in [6, 6.07) is 0.236. The molecule has 0 aromatic carbocycles. The molecule has 6 heteroatoms. The van der Waals surface area contributed by atoms with Crippen molar-refractivity contribution in [3.8, 4) is 0 Å². The molecule has 1 aliphatic heterocycles. The molecule has 2 rings (SSSR count). The van der Waals surface area contributed by atoms with Crippen molar-refractivity contribution >= 4 is 11.9 Å². The number of aliphatic hydroxyl groups is 1. The second-order valence-electron chi connectivity index (χ2n) is 7.26. The standard InChI is InChI=1S/C17H32N4O2/c1-4-18-16(20-13-8-9-15(23)21(3)11-13)19-12-17(2)10-6-5-7-14(17)22/h13-14,22H,4-12H2,1-3H3,(H2,18,19,20). The topological polar surface area (TPSA) is 77.0 Å². The molecule has 132 valence electrons. The second kappa shape index (κ2) is 7.99. The summed E-state index contributed by atoms with van der Waals surface area (Å²) in [6.07, 6.45) is 5.35. The highest BCUT2D eigenvalue weighted by Crippen LogP contribution is 2.36. The van der Waals surface area contributed by atoms with Gasteiger partial charge in [-0.1, -0.05) is 19.8 Å². The first-order valence-electron chi connectivity index (χ1n) is 8.91. The minimum absolute atomic E-state index is 0.125. The van der Waals surface area contributed by atoms with Gasteiger partial charge in [-0.15, -0.1) is 0 Å². The molecule has 0 spiro atoms. The van der Waals surface area contributed by atoms with Crippen molar-refractivity contribution < 1.29 is 9.90 Å².